The van der Waals surface area contributed by atoms with E-state index in [1.165, 1.54) is 58.1 Å². The third-order valence-electron chi connectivity index (χ3n) is 3.25. The lowest BCUT2D eigenvalue weighted by Gasteiger charge is -2.15. The van der Waals surface area contributed by atoms with Gasteiger partial charge in [0.1, 0.15) is 0 Å². The van der Waals surface area contributed by atoms with Crippen LogP contribution in [0.1, 0.15) is 63.5 Å². The molecule has 1 heterocycles. The van der Waals surface area contributed by atoms with Crippen LogP contribution in [0, 0.1) is 0 Å². The highest BCUT2D eigenvalue weighted by Crippen LogP contribution is 2.37. The molecule has 0 aromatic carbocycles. The Bertz CT molecular complexity index is 339. The minimum Gasteiger partial charge on any atom is -0.313 e. The van der Waals surface area contributed by atoms with Gasteiger partial charge in [0.15, 0.2) is 0 Å². The summed E-state index contributed by atoms with van der Waals surface area (Å²) in [5.41, 5.74) is 1.39. The van der Waals surface area contributed by atoms with Gasteiger partial charge in [0.25, 0.3) is 0 Å². The number of halogens is 2. The molecule has 0 saturated heterocycles. The maximum Gasteiger partial charge on any atom is 0.0758 e. The Morgan fingerprint density at radius 3 is 2.39 bits per heavy atom. The predicted octanol–water partition coefficient (Wildman–Crippen LogP) is 6.28. The fraction of sp³-hybridized carbons (Fsp3) is 0.714. The van der Waals surface area contributed by atoms with Crippen LogP contribution in [0.2, 0.25) is 0 Å². The lowest BCUT2D eigenvalue weighted by molar-refractivity contribution is 0.498. The van der Waals surface area contributed by atoms with Gasteiger partial charge in [-0.15, -0.1) is 11.3 Å². The summed E-state index contributed by atoms with van der Waals surface area (Å²) in [6.45, 7) is 2.27. The van der Waals surface area contributed by atoms with Gasteiger partial charge < -0.3 is 5.32 Å². The van der Waals surface area contributed by atoms with Crippen LogP contribution in [0.4, 0.5) is 0 Å². The van der Waals surface area contributed by atoms with Crippen molar-refractivity contribution in [1.29, 1.82) is 0 Å². The van der Waals surface area contributed by atoms with Crippen molar-refractivity contribution in [3.63, 3.8) is 0 Å². The van der Waals surface area contributed by atoms with Gasteiger partial charge in [-0.25, -0.2) is 0 Å². The van der Waals surface area contributed by atoms with Crippen molar-refractivity contribution in [2.24, 2.45) is 0 Å². The molecule has 1 aromatic heterocycles. The topological polar surface area (TPSA) is 12.0 Å². The molecule has 1 unspecified atom stereocenters. The van der Waals surface area contributed by atoms with Crippen LogP contribution in [0.25, 0.3) is 0 Å². The lowest BCUT2D eigenvalue weighted by Crippen LogP contribution is -2.15. The Hall–Kier alpha value is 0.620. The van der Waals surface area contributed by atoms with Crippen molar-refractivity contribution in [3.05, 3.63) is 19.2 Å². The molecule has 0 saturated carbocycles. The molecule has 1 atom stereocenters. The van der Waals surface area contributed by atoms with E-state index in [0.29, 0.717) is 6.04 Å². The molecule has 0 bridgehead atoms. The van der Waals surface area contributed by atoms with Gasteiger partial charge in [-0.2, -0.15) is 0 Å². The second-order valence-electron chi connectivity index (χ2n) is 4.68. The van der Waals surface area contributed by atoms with Crippen molar-refractivity contribution in [1.82, 2.24) is 5.32 Å². The smallest absolute Gasteiger partial charge is 0.0758 e. The predicted molar refractivity (Wildman–Crippen MR) is 89.5 cm³/mol. The number of rotatable bonds is 9. The average Bonchev–Trinajstić information content (AvgIpc) is 2.68. The molecule has 0 amide bonds. The minimum atomic E-state index is 0.480. The Balaban J connectivity index is 2.32. The monoisotopic (exact) mass is 395 g/mol. The summed E-state index contributed by atoms with van der Waals surface area (Å²) in [6.07, 6.45) is 9.40. The molecule has 1 rings (SSSR count). The fourth-order valence-electron chi connectivity index (χ4n) is 2.17. The zero-order chi connectivity index (χ0) is 13.4. The molecule has 0 radical (unpaired) electrons. The summed E-state index contributed by atoms with van der Waals surface area (Å²) < 4.78 is 2.45. The first kappa shape index (κ1) is 16.7. The first-order valence-corrected chi connectivity index (χ1v) is 9.21. The molecular formula is C14H23Br2NS. The zero-order valence-electron chi connectivity index (χ0n) is 11.3. The second kappa shape index (κ2) is 9.51. The highest BCUT2D eigenvalue weighted by atomic mass is 79.9. The number of hydrogen-bond donors (Lipinski definition) is 1. The van der Waals surface area contributed by atoms with E-state index in [1.807, 2.05) is 0 Å². The summed E-state index contributed by atoms with van der Waals surface area (Å²) in [4.78, 5) is 0. The Morgan fingerprint density at radius 1 is 1.17 bits per heavy atom. The zero-order valence-corrected chi connectivity index (χ0v) is 15.3. The molecule has 0 aliphatic rings. The molecule has 0 fully saturated rings. The van der Waals surface area contributed by atoms with Crippen molar-refractivity contribution in [3.8, 4) is 0 Å². The second-order valence-corrected chi connectivity index (χ2v) is 8.43. The number of unbranched alkanes of at least 4 members (excludes halogenated alkanes) is 5. The summed E-state index contributed by atoms with van der Waals surface area (Å²) >= 11 is 8.96. The summed E-state index contributed by atoms with van der Waals surface area (Å²) in [6, 6.07) is 2.71. The van der Waals surface area contributed by atoms with Crippen LogP contribution in [-0.4, -0.2) is 7.05 Å². The molecule has 18 heavy (non-hydrogen) atoms. The lowest BCUT2D eigenvalue weighted by atomic mass is 10.0. The van der Waals surface area contributed by atoms with Gasteiger partial charge in [-0.05, 0) is 57.0 Å². The third kappa shape index (κ3) is 5.72. The summed E-state index contributed by atoms with van der Waals surface area (Å²) in [7, 11) is 2.06. The molecule has 1 aromatic rings. The van der Waals surface area contributed by atoms with Crippen LogP contribution >= 0.6 is 43.2 Å². The molecular weight excluding hydrogens is 374 g/mol. The average molecular weight is 397 g/mol. The van der Waals surface area contributed by atoms with Crippen molar-refractivity contribution in [2.75, 3.05) is 7.05 Å². The molecule has 4 heteroatoms. The van der Waals surface area contributed by atoms with E-state index in [0.717, 1.165) is 0 Å². The number of nitrogens with one attached hydrogen (secondary N) is 1. The van der Waals surface area contributed by atoms with E-state index < -0.39 is 0 Å². The number of hydrogen-bond acceptors (Lipinski definition) is 2. The molecule has 1 N–H and O–H groups in total. The summed E-state index contributed by atoms with van der Waals surface area (Å²) in [5, 5.41) is 3.43. The van der Waals surface area contributed by atoms with E-state index in [1.54, 1.807) is 11.3 Å². The van der Waals surface area contributed by atoms with Crippen LogP contribution in [-0.2, 0) is 0 Å². The molecule has 1 nitrogen and oxygen atoms in total. The van der Waals surface area contributed by atoms with Crippen LogP contribution in [0.15, 0.2) is 13.6 Å². The largest absolute Gasteiger partial charge is 0.313 e. The van der Waals surface area contributed by atoms with Crippen molar-refractivity contribution < 1.29 is 0 Å². The highest BCUT2D eigenvalue weighted by Gasteiger charge is 2.14. The first-order chi connectivity index (χ1) is 8.69. The summed E-state index contributed by atoms with van der Waals surface area (Å²) in [5.74, 6) is 0. The molecule has 0 spiro atoms. The quantitative estimate of drug-likeness (QED) is 0.484. The van der Waals surface area contributed by atoms with E-state index in [2.05, 4.69) is 57.2 Å². The minimum absolute atomic E-state index is 0.480. The van der Waals surface area contributed by atoms with Gasteiger partial charge in [0.05, 0.1) is 7.57 Å². The van der Waals surface area contributed by atoms with Crippen LogP contribution in [0.3, 0.4) is 0 Å². The normalized spacial score (nSPS) is 12.9. The Kier molecular flexibility index (Phi) is 8.81. The van der Waals surface area contributed by atoms with Gasteiger partial charge in [0.2, 0.25) is 0 Å². The third-order valence-corrected chi connectivity index (χ3v) is 5.64. The van der Waals surface area contributed by atoms with E-state index >= 15 is 0 Å². The maximum absolute atomic E-state index is 3.65. The van der Waals surface area contributed by atoms with Gasteiger partial charge in [0, 0.05) is 6.04 Å². The van der Waals surface area contributed by atoms with Crippen molar-refractivity contribution >= 4 is 43.2 Å². The fourth-order valence-corrected chi connectivity index (χ4v) is 5.15. The standard InChI is InChI=1S/C14H23Br2NS/c1-3-4-5-6-7-8-9-12(17-2)11-10-13(15)18-14(11)16/h10,12,17H,3-9H2,1-2H3. The highest BCUT2D eigenvalue weighted by molar-refractivity contribution is 9.12. The Labute approximate surface area is 132 Å². The van der Waals surface area contributed by atoms with Crippen molar-refractivity contribution in [2.45, 2.75) is 57.9 Å². The van der Waals surface area contributed by atoms with Gasteiger partial charge >= 0.3 is 0 Å². The van der Waals surface area contributed by atoms with Crippen LogP contribution < -0.4 is 5.32 Å². The van der Waals surface area contributed by atoms with E-state index in [9.17, 15) is 0 Å². The Morgan fingerprint density at radius 2 is 1.83 bits per heavy atom. The first-order valence-electron chi connectivity index (χ1n) is 6.81. The molecule has 104 valence electrons. The van der Waals surface area contributed by atoms with E-state index in [-0.39, 0.29) is 0 Å². The van der Waals surface area contributed by atoms with Gasteiger partial charge in [-0.1, -0.05) is 45.4 Å². The van der Waals surface area contributed by atoms with Crippen LogP contribution in [0.5, 0.6) is 0 Å². The number of thiophene rings is 1. The molecule has 0 aliphatic heterocycles. The SMILES string of the molecule is CCCCCCCCC(NC)c1cc(Br)sc1Br. The van der Waals surface area contributed by atoms with Gasteiger partial charge in [-0.3, -0.25) is 0 Å². The van der Waals surface area contributed by atoms with E-state index in [4.69, 9.17) is 0 Å². The molecule has 0 aliphatic carbocycles. The maximum atomic E-state index is 3.65.